The van der Waals surface area contributed by atoms with Gasteiger partial charge in [0.05, 0.1) is 17.0 Å². The molecule has 0 saturated carbocycles. The Morgan fingerprint density at radius 2 is 2.04 bits per heavy atom. The van der Waals surface area contributed by atoms with E-state index in [0.717, 1.165) is 16.3 Å². The molecule has 7 heteroatoms. The Labute approximate surface area is 149 Å². The number of rotatable bonds is 4. The third-order valence-electron chi connectivity index (χ3n) is 4.26. The molecular formula is C18H18N2O4S. The van der Waals surface area contributed by atoms with E-state index in [0.29, 0.717) is 22.6 Å². The number of benzene rings is 1. The number of ketones is 1. The van der Waals surface area contributed by atoms with Crippen LogP contribution in [0.3, 0.4) is 0 Å². The van der Waals surface area contributed by atoms with Crippen molar-refractivity contribution in [1.29, 1.82) is 0 Å². The third-order valence-corrected chi connectivity index (χ3v) is 5.33. The first-order valence-electron chi connectivity index (χ1n) is 7.76. The van der Waals surface area contributed by atoms with Gasteiger partial charge in [-0.1, -0.05) is 0 Å². The largest absolute Gasteiger partial charge is 0.454 e. The number of hydrogen-bond donors (Lipinski definition) is 1. The van der Waals surface area contributed by atoms with Gasteiger partial charge in [0.15, 0.2) is 6.61 Å². The summed E-state index contributed by atoms with van der Waals surface area (Å²) in [5.41, 5.74) is 3.26. The zero-order chi connectivity index (χ0) is 18.1. The summed E-state index contributed by atoms with van der Waals surface area (Å²) in [5, 5.41) is 2.73. The highest BCUT2D eigenvalue weighted by Gasteiger charge is 2.20. The highest BCUT2D eigenvalue weighted by atomic mass is 32.2. The molecule has 0 fully saturated rings. The molecule has 25 heavy (non-hydrogen) atoms. The predicted octanol–water partition coefficient (Wildman–Crippen LogP) is 2.73. The van der Waals surface area contributed by atoms with E-state index in [1.807, 2.05) is 25.5 Å². The maximum Gasteiger partial charge on any atom is 0.338 e. The highest BCUT2D eigenvalue weighted by Crippen LogP contribution is 2.32. The van der Waals surface area contributed by atoms with Crippen LogP contribution < -0.4 is 5.32 Å². The first kappa shape index (κ1) is 17.3. The number of carbonyl (C=O) groups is 3. The van der Waals surface area contributed by atoms with E-state index in [1.165, 1.54) is 11.8 Å². The number of fused-ring (bicyclic) bond motifs is 1. The van der Waals surface area contributed by atoms with E-state index in [1.54, 1.807) is 24.3 Å². The van der Waals surface area contributed by atoms with Gasteiger partial charge >= 0.3 is 5.97 Å². The fourth-order valence-corrected chi connectivity index (χ4v) is 3.43. The van der Waals surface area contributed by atoms with Crippen LogP contribution in [0.25, 0.3) is 0 Å². The van der Waals surface area contributed by atoms with E-state index in [4.69, 9.17) is 4.74 Å². The lowest BCUT2D eigenvalue weighted by Gasteiger charge is -2.16. The molecular weight excluding hydrogens is 340 g/mol. The molecule has 0 spiro atoms. The molecule has 130 valence electrons. The Morgan fingerprint density at radius 3 is 2.72 bits per heavy atom. The van der Waals surface area contributed by atoms with Crippen molar-refractivity contribution in [2.24, 2.45) is 7.05 Å². The van der Waals surface area contributed by atoms with Crippen molar-refractivity contribution in [3.8, 4) is 0 Å². The van der Waals surface area contributed by atoms with Gasteiger partial charge in [-0.25, -0.2) is 4.79 Å². The van der Waals surface area contributed by atoms with Crippen molar-refractivity contribution in [3.63, 3.8) is 0 Å². The first-order valence-corrected chi connectivity index (χ1v) is 8.75. The quantitative estimate of drug-likeness (QED) is 0.672. The minimum Gasteiger partial charge on any atom is -0.454 e. The number of amides is 1. The maximum absolute atomic E-state index is 12.3. The van der Waals surface area contributed by atoms with Crippen LogP contribution >= 0.6 is 11.8 Å². The SMILES string of the molecule is Cc1cc(C(=O)COC(=O)c2ccc3c(c2)NC(=O)CS3)c(C)n1C. The number of aryl methyl sites for hydroxylation is 1. The van der Waals surface area contributed by atoms with Gasteiger partial charge in [0, 0.05) is 28.9 Å². The summed E-state index contributed by atoms with van der Waals surface area (Å²) in [6, 6.07) is 6.76. The number of anilines is 1. The second-order valence-corrected chi connectivity index (χ2v) is 6.91. The summed E-state index contributed by atoms with van der Waals surface area (Å²) in [5.74, 6) is -0.572. The summed E-state index contributed by atoms with van der Waals surface area (Å²) in [6.45, 7) is 3.45. The Bertz CT molecular complexity index is 885. The minimum absolute atomic E-state index is 0.104. The Kier molecular flexibility index (Phi) is 4.67. The lowest BCUT2D eigenvalue weighted by Crippen LogP contribution is -2.19. The second kappa shape index (κ2) is 6.76. The highest BCUT2D eigenvalue weighted by molar-refractivity contribution is 8.00. The van der Waals surface area contributed by atoms with Crippen molar-refractivity contribution in [1.82, 2.24) is 4.57 Å². The lowest BCUT2D eigenvalue weighted by atomic mass is 10.1. The number of thioether (sulfide) groups is 1. The van der Waals surface area contributed by atoms with Crippen LogP contribution in [0.5, 0.6) is 0 Å². The van der Waals surface area contributed by atoms with Crippen LogP contribution in [0.1, 0.15) is 32.1 Å². The number of Topliss-reactive ketones (excluding diaryl/α,β-unsaturated/α-hetero) is 1. The first-order chi connectivity index (χ1) is 11.9. The second-order valence-electron chi connectivity index (χ2n) is 5.89. The molecule has 1 aliphatic rings. The third kappa shape index (κ3) is 3.46. The number of nitrogens with one attached hydrogen (secondary N) is 1. The average molecular weight is 358 g/mol. The zero-order valence-corrected chi connectivity index (χ0v) is 15.0. The average Bonchev–Trinajstić information content (AvgIpc) is 2.86. The van der Waals surface area contributed by atoms with Crippen molar-refractivity contribution >= 4 is 35.1 Å². The van der Waals surface area contributed by atoms with Crippen molar-refractivity contribution in [3.05, 3.63) is 46.8 Å². The summed E-state index contributed by atoms with van der Waals surface area (Å²) in [7, 11) is 1.88. The van der Waals surface area contributed by atoms with E-state index in [2.05, 4.69) is 5.32 Å². The van der Waals surface area contributed by atoms with E-state index < -0.39 is 5.97 Å². The Balaban J connectivity index is 1.68. The molecule has 1 aliphatic heterocycles. The summed E-state index contributed by atoms with van der Waals surface area (Å²) >= 11 is 1.42. The fraction of sp³-hybridized carbons (Fsp3) is 0.278. The molecule has 2 aromatic rings. The van der Waals surface area contributed by atoms with Crippen molar-refractivity contribution in [2.75, 3.05) is 17.7 Å². The molecule has 0 saturated heterocycles. The predicted molar refractivity (Wildman–Crippen MR) is 95.3 cm³/mol. The van der Waals surface area contributed by atoms with Crippen molar-refractivity contribution in [2.45, 2.75) is 18.7 Å². The number of nitrogens with zero attached hydrogens (tertiary/aromatic N) is 1. The van der Waals surface area contributed by atoms with E-state index in [-0.39, 0.29) is 18.3 Å². The van der Waals surface area contributed by atoms with Crippen LogP contribution in [0, 0.1) is 13.8 Å². The molecule has 2 heterocycles. The minimum atomic E-state index is -0.591. The van der Waals surface area contributed by atoms with Crippen molar-refractivity contribution < 1.29 is 19.1 Å². The summed E-state index contributed by atoms with van der Waals surface area (Å²) in [6.07, 6.45) is 0. The van der Waals surface area contributed by atoms with Gasteiger partial charge in [-0.05, 0) is 38.1 Å². The van der Waals surface area contributed by atoms with Gasteiger partial charge in [0.2, 0.25) is 11.7 Å². The fourth-order valence-electron chi connectivity index (χ4n) is 2.64. The van der Waals surface area contributed by atoms with Gasteiger partial charge in [-0.3, -0.25) is 9.59 Å². The molecule has 1 amide bonds. The van der Waals surface area contributed by atoms with Gasteiger partial charge < -0.3 is 14.6 Å². The van der Waals surface area contributed by atoms with E-state index in [9.17, 15) is 14.4 Å². The molecule has 0 bridgehead atoms. The molecule has 1 N–H and O–H groups in total. The van der Waals surface area contributed by atoms with Crippen LogP contribution in [0.15, 0.2) is 29.2 Å². The molecule has 0 aliphatic carbocycles. The van der Waals surface area contributed by atoms with Gasteiger partial charge in [-0.15, -0.1) is 11.8 Å². The van der Waals surface area contributed by atoms with Gasteiger partial charge in [0.1, 0.15) is 0 Å². The molecule has 0 radical (unpaired) electrons. The lowest BCUT2D eigenvalue weighted by molar-refractivity contribution is -0.113. The molecule has 3 rings (SSSR count). The Morgan fingerprint density at radius 1 is 1.28 bits per heavy atom. The number of aromatic nitrogens is 1. The van der Waals surface area contributed by atoms with Gasteiger partial charge in [-0.2, -0.15) is 0 Å². The Hall–Kier alpha value is -2.54. The number of esters is 1. The normalized spacial score (nSPS) is 13.2. The van der Waals surface area contributed by atoms with E-state index >= 15 is 0 Å². The van der Waals surface area contributed by atoms with Crippen LogP contribution in [0.2, 0.25) is 0 Å². The summed E-state index contributed by atoms with van der Waals surface area (Å²) < 4.78 is 7.06. The number of carbonyl (C=O) groups excluding carboxylic acids is 3. The van der Waals surface area contributed by atoms with Crippen LogP contribution in [0.4, 0.5) is 5.69 Å². The number of ether oxygens (including phenoxy) is 1. The topological polar surface area (TPSA) is 77.4 Å². The summed E-state index contributed by atoms with van der Waals surface area (Å²) in [4.78, 5) is 36.8. The maximum atomic E-state index is 12.3. The number of hydrogen-bond acceptors (Lipinski definition) is 5. The molecule has 0 atom stereocenters. The van der Waals surface area contributed by atoms with Crippen LogP contribution in [-0.2, 0) is 16.6 Å². The zero-order valence-electron chi connectivity index (χ0n) is 14.2. The molecule has 0 unspecified atom stereocenters. The molecule has 1 aromatic heterocycles. The monoisotopic (exact) mass is 358 g/mol. The smallest absolute Gasteiger partial charge is 0.338 e. The van der Waals surface area contributed by atoms with Crippen LogP contribution in [-0.4, -0.2) is 34.6 Å². The van der Waals surface area contributed by atoms with Gasteiger partial charge in [0.25, 0.3) is 0 Å². The molecule has 6 nitrogen and oxygen atoms in total. The standard InChI is InChI=1S/C18H18N2O4S/c1-10-6-13(11(2)20(10)3)15(21)8-24-18(23)12-4-5-16-14(7-12)19-17(22)9-25-16/h4-7H,8-9H2,1-3H3,(H,19,22). The molecule has 1 aromatic carbocycles.